The number of hydrogen-bond donors (Lipinski definition) is 0. The first-order valence-electron chi connectivity index (χ1n) is 11.1. The second kappa shape index (κ2) is 6.59. The summed E-state index contributed by atoms with van der Waals surface area (Å²) in [6.07, 6.45) is 6.91. The van der Waals surface area contributed by atoms with Gasteiger partial charge >= 0.3 is 0 Å². The Morgan fingerprint density at radius 1 is 1.27 bits per heavy atom. The molecule has 0 unspecified atom stereocenters. The Balaban J connectivity index is 1.68. The maximum Gasteiger partial charge on any atom is 0.193 e. The summed E-state index contributed by atoms with van der Waals surface area (Å²) in [5.41, 5.74) is 2.77. The topological polar surface area (TPSA) is 30.9 Å². The summed E-state index contributed by atoms with van der Waals surface area (Å²) in [5.74, 6) is 2.25. The predicted molar refractivity (Wildman–Crippen MR) is 126 cm³/mol. The molecule has 0 N–H and O–H groups in total. The fraction of sp³-hybridized carbons (Fsp3) is 0.667. The van der Waals surface area contributed by atoms with Crippen molar-refractivity contribution in [2.75, 3.05) is 20.7 Å². The molecule has 0 aromatic heterocycles. The molecule has 2 bridgehead atoms. The van der Waals surface area contributed by atoms with Crippen molar-refractivity contribution < 1.29 is 13.9 Å². The van der Waals surface area contributed by atoms with Gasteiger partial charge in [0.25, 0.3) is 0 Å². The van der Waals surface area contributed by atoms with Crippen molar-refractivity contribution in [3.8, 4) is 11.5 Å². The standard InChI is InChI=1S/C24H34BrNO3Si/c1-23(2,3)30(6,7)29-18-9-8-15-17-12-14-16(25)13-19(27-5)21-20(14)24(15,22(18)28-21)10-11-26(17)4/h8-9,13,15,17-18,22H,10-12H2,1-7H3/t15-,17+,18-,22-,24-/m0/s1. The highest BCUT2D eigenvalue weighted by Crippen LogP contribution is 2.64. The fourth-order valence-electron chi connectivity index (χ4n) is 6.02. The smallest absolute Gasteiger partial charge is 0.193 e. The van der Waals surface area contributed by atoms with Crippen LogP contribution in [0.3, 0.4) is 0 Å². The summed E-state index contributed by atoms with van der Waals surface area (Å²) in [6, 6.07) is 2.59. The summed E-state index contributed by atoms with van der Waals surface area (Å²) in [4.78, 5) is 2.55. The second-order valence-electron chi connectivity index (χ2n) is 11.1. The van der Waals surface area contributed by atoms with E-state index < -0.39 is 8.32 Å². The number of ether oxygens (including phenoxy) is 2. The van der Waals surface area contributed by atoms with Gasteiger partial charge in [-0.3, -0.25) is 0 Å². The van der Waals surface area contributed by atoms with Crippen LogP contribution in [0.15, 0.2) is 22.7 Å². The number of likely N-dealkylation sites (tertiary alicyclic amines) is 1. The molecule has 30 heavy (non-hydrogen) atoms. The van der Waals surface area contributed by atoms with Crippen LogP contribution in [0, 0.1) is 5.92 Å². The van der Waals surface area contributed by atoms with Gasteiger partial charge in [-0.25, -0.2) is 0 Å². The lowest BCUT2D eigenvalue weighted by Crippen LogP contribution is -2.66. The maximum atomic E-state index is 6.98. The van der Waals surface area contributed by atoms with Crippen LogP contribution in [0.2, 0.25) is 18.1 Å². The lowest BCUT2D eigenvalue weighted by atomic mass is 9.53. The molecule has 2 aliphatic heterocycles. The monoisotopic (exact) mass is 491 g/mol. The minimum atomic E-state index is -1.95. The van der Waals surface area contributed by atoms with Crippen molar-refractivity contribution in [1.82, 2.24) is 4.90 Å². The van der Waals surface area contributed by atoms with Crippen LogP contribution in [0.4, 0.5) is 0 Å². The number of halogens is 1. The largest absolute Gasteiger partial charge is 0.493 e. The van der Waals surface area contributed by atoms with Crippen LogP contribution < -0.4 is 9.47 Å². The van der Waals surface area contributed by atoms with Crippen molar-refractivity contribution >= 4 is 24.2 Å². The van der Waals surface area contributed by atoms with Gasteiger partial charge in [-0.05, 0) is 56.2 Å². The third-order valence-electron chi connectivity index (χ3n) is 8.65. The molecule has 1 saturated heterocycles. The van der Waals surface area contributed by atoms with Gasteiger partial charge in [-0.15, -0.1) is 0 Å². The van der Waals surface area contributed by atoms with Gasteiger partial charge in [-0.2, -0.15) is 0 Å². The summed E-state index contributed by atoms with van der Waals surface area (Å²) in [5, 5.41) is 0.161. The van der Waals surface area contributed by atoms with E-state index in [0.29, 0.717) is 12.0 Å². The van der Waals surface area contributed by atoms with Crippen molar-refractivity contribution in [1.29, 1.82) is 0 Å². The Morgan fingerprint density at radius 2 is 2.00 bits per heavy atom. The van der Waals surface area contributed by atoms with E-state index in [0.717, 1.165) is 35.4 Å². The lowest BCUT2D eigenvalue weighted by Gasteiger charge is -2.57. The third-order valence-corrected chi connectivity index (χ3v) is 13.8. The van der Waals surface area contributed by atoms with E-state index >= 15 is 0 Å². The Bertz CT molecular complexity index is 924. The number of nitrogens with zero attached hydrogens (tertiary/aromatic N) is 1. The fourth-order valence-corrected chi connectivity index (χ4v) is 7.82. The van der Waals surface area contributed by atoms with Gasteiger partial charge in [-0.1, -0.05) is 48.9 Å². The summed E-state index contributed by atoms with van der Waals surface area (Å²) >= 11 is 3.86. The number of likely N-dealkylation sites (N-methyl/N-ethyl adjacent to an activating group) is 1. The van der Waals surface area contributed by atoms with E-state index in [1.54, 1.807) is 7.11 Å². The molecule has 5 atom stereocenters. The van der Waals surface area contributed by atoms with Crippen molar-refractivity contribution in [3.63, 3.8) is 0 Å². The molecule has 2 heterocycles. The molecule has 4 aliphatic rings. The van der Waals surface area contributed by atoms with E-state index in [-0.39, 0.29) is 22.7 Å². The second-order valence-corrected chi connectivity index (χ2v) is 16.7. The zero-order chi connectivity index (χ0) is 21.6. The summed E-state index contributed by atoms with van der Waals surface area (Å²) in [6.45, 7) is 12.7. The average Bonchev–Trinajstić information content (AvgIpc) is 3.00. The van der Waals surface area contributed by atoms with Gasteiger partial charge in [0.05, 0.1) is 7.11 Å². The van der Waals surface area contributed by atoms with Gasteiger partial charge in [0.2, 0.25) is 0 Å². The van der Waals surface area contributed by atoms with Crippen LogP contribution in [-0.2, 0) is 16.3 Å². The molecular weight excluding hydrogens is 458 g/mol. The van der Waals surface area contributed by atoms with Crippen LogP contribution in [0.25, 0.3) is 0 Å². The summed E-state index contributed by atoms with van der Waals surface area (Å²) in [7, 11) is 2.07. The third kappa shape index (κ3) is 2.63. The molecule has 5 rings (SSSR count). The molecule has 164 valence electrons. The zero-order valence-corrected chi connectivity index (χ0v) is 21.8. The molecule has 1 spiro atoms. The van der Waals surface area contributed by atoms with Gasteiger partial charge in [0.1, 0.15) is 12.2 Å². The van der Waals surface area contributed by atoms with Crippen LogP contribution in [-0.4, -0.2) is 52.2 Å². The van der Waals surface area contributed by atoms with Gasteiger partial charge < -0.3 is 18.8 Å². The van der Waals surface area contributed by atoms with Crippen LogP contribution in [0.1, 0.15) is 38.3 Å². The molecule has 0 radical (unpaired) electrons. The highest BCUT2D eigenvalue weighted by molar-refractivity contribution is 9.10. The van der Waals surface area contributed by atoms with Crippen LogP contribution >= 0.6 is 15.9 Å². The van der Waals surface area contributed by atoms with Gasteiger partial charge in [0, 0.05) is 27.4 Å². The highest BCUT2D eigenvalue weighted by atomic mass is 79.9. The lowest BCUT2D eigenvalue weighted by molar-refractivity contribution is -0.0416. The first-order chi connectivity index (χ1) is 14.0. The molecule has 2 aliphatic carbocycles. The first-order valence-corrected chi connectivity index (χ1v) is 14.8. The minimum Gasteiger partial charge on any atom is -0.493 e. The Hall–Kier alpha value is -0.823. The number of benzene rings is 1. The quantitative estimate of drug-likeness (QED) is 0.424. The average molecular weight is 493 g/mol. The molecule has 6 heteroatoms. The number of hydrogen-bond acceptors (Lipinski definition) is 4. The molecule has 1 aromatic carbocycles. The molecule has 4 nitrogen and oxygen atoms in total. The van der Waals surface area contributed by atoms with Crippen molar-refractivity contribution in [2.45, 2.75) is 75.4 Å². The van der Waals surface area contributed by atoms with Crippen LogP contribution in [0.5, 0.6) is 11.5 Å². The van der Waals surface area contributed by atoms with Gasteiger partial charge in [0.15, 0.2) is 19.8 Å². The molecule has 1 fully saturated rings. The zero-order valence-electron chi connectivity index (χ0n) is 19.2. The SMILES string of the molecule is COc1cc(Br)c2c3c1O[C@H]1[C@@H](O[Si](C)(C)C(C)(C)C)C=C[C@H]4[C@@H](C2)N(C)CC[C@@]341. The van der Waals surface area contributed by atoms with E-state index in [9.17, 15) is 0 Å². The van der Waals surface area contributed by atoms with E-state index in [1.807, 2.05) is 0 Å². The molecule has 0 saturated carbocycles. The Morgan fingerprint density at radius 3 is 2.67 bits per heavy atom. The summed E-state index contributed by atoms with van der Waals surface area (Å²) < 4.78 is 20.8. The normalized spacial score (nSPS) is 34.5. The number of rotatable bonds is 3. The van der Waals surface area contributed by atoms with E-state index in [4.69, 9.17) is 13.9 Å². The molecule has 0 amide bonds. The maximum absolute atomic E-state index is 6.98. The molecular formula is C24H34BrNO3Si. The van der Waals surface area contributed by atoms with E-state index in [1.165, 1.54) is 11.1 Å². The first kappa shape index (κ1) is 21.0. The van der Waals surface area contributed by atoms with Crippen molar-refractivity contribution in [3.05, 3.63) is 33.8 Å². The highest BCUT2D eigenvalue weighted by Gasteiger charge is 2.65. The molecule has 1 aromatic rings. The minimum absolute atomic E-state index is 0.00933. The van der Waals surface area contributed by atoms with E-state index in [2.05, 4.69) is 80.0 Å². The predicted octanol–water partition coefficient (Wildman–Crippen LogP) is 5.29. The number of piperidine rings is 1. The Kier molecular flexibility index (Phi) is 4.63. The van der Waals surface area contributed by atoms with Crippen molar-refractivity contribution in [2.24, 2.45) is 5.92 Å². The number of methoxy groups -OCH3 is 1. The Labute approximate surface area is 190 Å².